The molecule has 18 heteroatoms. The fourth-order valence-corrected chi connectivity index (χ4v) is 5.73. The van der Waals surface area contributed by atoms with Crippen LogP contribution in [0.15, 0.2) is 0 Å². The van der Waals surface area contributed by atoms with Crippen molar-refractivity contribution in [3.8, 4) is 0 Å². The van der Waals surface area contributed by atoms with Crippen LogP contribution < -0.4 is 33.6 Å². The zero-order valence-electron chi connectivity index (χ0n) is 23.8. The molecule has 0 radical (unpaired) electrons. The summed E-state index contributed by atoms with van der Waals surface area (Å²) < 4.78 is 23.5. The molecule has 2 saturated heterocycles. The van der Waals surface area contributed by atoms with Crippen molar-refractivity contribution in [2.24, 2.45) is 22.9 Å². The van der Waals surface area contributed by atoms with E-state index in [0.29, 0.717) is 0 Å². The van der Waals surface area contributed by atoms with Gasteiger partial charge in [0.1, 0.15) is 30.5 Å². The second-order valence-corrected chi connectivity index (χ2v) is 12.1. The van der Waals surface area contributed by atoms with Crippen LogP contribution in [-0.2, 0) is 23.7 Å². The van der Waals surface area contributed by atoms with Crippen LogP contribution in [0.1, 0.15) is 25.7 Å². The molecule has 0 bridgehead atoms. The smallest absolute Gasteiger partial charge is 0.253 e. The van der Waals surface area contributed by atoms with Gasteiger partial charge < -0.3 is 88.3 Å². The molecule has 0 spiro atoms. The normalized spacial score (nSPS) is 47.6. The van der Waals surface area contributed by atoms with Crippen LogP contribution in [0.2, 0.25) is 0 Å². The molecular formula is C25H48N6O12. The van der Waals surface area contributed by atoms with Gasteiger partial charge in [-0.3, -0.25) is 4.79 Å². The molecule has 2 heterocycles. The predicted octanol–water partition coefficient (Wildman–Crippen LogP) is -7.66. The van der Waals surface area contributed by atoms with Crippen molar-refractivity contribution in [2.75, 3.05) is 26.3 Å². The van der Waals surface area contributed by atoms with Gasteiger partial charge >= 0.3 is 0 Å². The molecule has 4 unspecified atom stereocenters. The van der Waals surface area contributed by atoms with Crippen molar-refractivity contribution in [3.05, 3.63) is 0 Å². The number of carbonyl (C=O) groups is 1. The third kappa shape index (κ3) is 7.98. The van der Waals surface area contributed by atoms with Crippen molar-refractivity contribution in [3.63, 3.8) is 0 Å². The number of nitrogens with one attached hydrogen (secondary N) is 2. The van der Waals surface area contributed by atoms with Crippen LogP contribution in [0.4, 0.5) is 0 Å². The lowest BCUT2D eigenvalue weighted by molar-refractivity contribution is -0.313. The fraction of sp³-hybridized carbons (Fsp3) is 0.960. The Morgan fingerprint density at radius 2 is 1.53 bits per heavy atom. The summed E-state index contributed by atoms with van der Waals surface area (Å²) in [5, 5.41) is 77.4. The monoisotopic (exact) mass is 624 g/mol. The van der Waals surface area contributed by atoms with Crippen molar-refractivity contribution in [1.82, 2.24) is 10.6 Å². The lowest BCUT2D eigenvalue weighted by atomic mass is 9.83. The molecule has 2 saturated carbocycles. The van der Waals surface area contributed by atoms with Crippen LogP contribution >= 0.6 is 0 Å². The van der Waals surface area contributed by atoms with Crippen molar-refractivity contribution in [1.29, 1.82) is 0 Å². The highest BCUT2D eigenvalue weighted by atomic mass is 16.7. The maximum Gasteiger partial charge on any atom is 0.253 e. The number of amides is 1. The Labute approximate surface area is 248 Å². The summed E-state index contributed by atoms with van der Waals surface area (Å²) in [6.45, 7) is -0.355. The third-order valence-electron chi connectivity index (χ3n) is 8.60. The second-order valence-electron chi connectivity index (χ2n) is 12.1. The molecule has 4 aliphatic rings. The van der Waals surface area contributed by atoms with Gasteiger partial charge in [0.15, 0.2) is 18.2 Å². The van der Waals surface area contributed by atoms with E-state index in [1.165, 1.54) is 0 Å². The van der Waals surface area contributed by atoms with Gasteiger partial charge in [-0.1, -0.05) is 0 Å². The Kier molecular flexibility index (Phi) is 11.7. The number of hydrogen-bond donors (Lipinski definition) is 13. The molecule has 4 rings (SSSR count). The zero-order chi connectivity index (χ0) is 31.6. The van der Waals surface area contributed by atoms with Gasteiger partial charge in [-0.15, -0.1) is 0 Å². The molecule has 16 atom stereocenters. The van der Waals surface area contributed by atoms with Crippen molar-refractivity contribution < 1.29 is 59.5 Å². The first-order chi connectivity index (χ1) is 20.3. The summed E-state index contributed by atoms with van der Waals surface area (Å²) in [6.07, 6.45) is -11.9. The Morgan fingerprint density at radius 3 is 2.16 bits per heavy atom. The maximum atomic E-state index is 12.8. The molecule has 250 valence electrons. The van der Waals surface area contributed by atoms with E-state index in [4.69, 9.17) is 47.0 Å². The summed E-state index contributed by atoms with van der Waals surface area (Å²) >= 11 is 0. The van der Waals surface area contributed by atoms with E-state index in [2.05, 4.69) is 10.6 Å². The molecule has 43 heavy (non-hydrogen) atoms. The van der Waals surface area contributed by atoms with Gasteiger partial charge in [-0.05, 0) is 12.8 Å². The van der Waals surface area contributed by atoms with Crippen LogP contribution in [0.25, 0.3) is 0 Å². The number of hydrogen-bond acceptors (Lipinski definition) is 17. The zero-order valence-corrected chi connectivity index (χ0v) is 23.8. The van der Waals surface area contributed by atoms with Gasteiger partial charge in [0.2, 0.25) is 0 Å². The number of rotatable bonds is 12. The molecule has 1 amide bonds. The first kappa shape index (κ1) is 34.7. The quantitative estimate of drug-likeness (QED) is 0.0958. The van der Waals surface area contributed by atoms with Gasteiger partial charge in [-0.2, -0.15) is 0 Å². The highest BCUT2D eigenvalue weighted by molar-refractivity contribution is 5.89. The molecule has 2 aliphatic carbocycles. The average Bonchev–Trinajstić information content (AvgIpc) is 3.58. The fourth-order valence-electron chi connectivity index (χ4n) is 5.73. The van der Waals surface area contributed by atoms with E-state index in [0.717, 1.165) is 0 Å². The third-order valence-corrected chi connectivity index (χ3v) is 8.60. The van der Waals surface area contributed by atoms with Crippen LogP contribution in [0, 0.1) is 0 Å². The minimum absolute atomic E-state index is 0.0209. The molecule has 0 aromatic rings. The summed E-state index contributed by atoms with van der Waals surface area (Å²) in [5.74, 6) is -0.783. The van der Waals surface area contributed by atoms with E-state index >= 15 is 0 Å². The lowest BCUT2D eigenvalue weighted by Gasteiger charge is -2.48. The Bertz CT molecular complexity index is 928. The molecule has 0 aromatic carbocycles. The molecule has 18 nitrogen and oxygen atoms in total. The first-order valence-corrected chi connectivity index (χ1v) is 14.6. The number of ether oxygens (including phenoxy) is 4. The van der Waals surface area contributed by atoms with Crippen molar-refractivity contribution in [2.45, 2.75) is 123 Å². The van der Waals surface area contributed by atoms with E-state index < -0.39 is 110 Å². The number of carbonyl (C=O) groups excluding carboxylic acids is 1. The van der Waals surface area contributed by atoms with E-state index in [1.807, 2.05) is 0 Å². The van der Waals surface area contributed by atoms with E-state index in [-0.39, 0.29) is 45.4 Å². The maximum absolute atomic E-state index is 12.8. The SMILES string of the molecule is NC(CO)CNC[C@H]1O[C@H](OC2[C@@H](N)C[C@@H](NC(=O)C3(O)CC3N)[C@H](O[C@H]3O[C@H](CO)[C@@H](O)C[C@H]3O)[C@H]2O)[C@H](N)C[C@@H]1O. The Balaban J connectivity index is 1.48. The van der Waals surface area contributed by atoms with Gasteiger partial charge in [0.25, 0.3) is 5.91 Å². The van der Waals surface area contributed by atoms with Gasteiger partial charge in [0, 0.05) is 44.1 Å². The number of aliphatic hydroxyl groups is 7. The summed E-state index contributed by atoms with van der Waals surface area (Å²) in [4.78, 5) is 12.8. The summed E-state index contributed by atoms with van der Waals surface area (Å²) in [5.41, 5.74) is 22.3. The molecular weight excluding hydrogens is 576 g/mol. The minimum Gasteiger partial charge on any atom is -0.395 e. The first-order valence-electron chi connectivity index (χ1n) is 14.6. The highest BCUT2D eigenvalue weighted by Gasteiger charge is 2.59. The average molecular weight is 625 g/mol. The van der Waals surface area contributed by atoms with Crippen LogP contribution in [0.3, 0.4) is 0 Å². The van der Waals surface area contributed by atoms with Crippen LogP contribution in [-0.4, -0.2) is 165 Å². The minimum atomic E-state index is -1.78. The number of nitrogens with two attached hydrogens (primary N) is 4. The molecule has 17 N–H and O–H groups in total. The Hall–Kier alpha value is -1.17. The standard InChI is InChI=1S/C25H48N6O12/c26-9(7-32)5-30-6-16-13(34)2-11(28)22(40-16)42-20-10(27)1-12(31-24(38)25(39)4-18(25)29)21(19(20)37)43-23-15(36)3-14(35)17(8-33)41-23/h9-23,30,32-37,39H,1-8,26-29H2,(H,31,38)/t9?,10-,11+,12+,13-,14-,15+,16+,17+,18?,19-,20?,21-,22+,23+,25?/m0/s1. The molecule has 0 aromatic heterocycles. The Morgan fingerprint density at radius 1 is 0.907 bits per heavy atom. The largest absolute Gasteiger partial charge is 0.395 e. The van der Waals surface area contributed by atoms with Crippen molar-refractivity contribution >= 4 is 5.91 Å². The summed E-state index contributed by atoms with van der Waals surface area (Å²) in [7, 11) is 0. The van der Waals surface area contributed by atoms with Gasteiger partial charge in [0.05, 0.1) is 43.6 Å². The predicted molar refractivity (Wildman–Crippen MR) is 145 cm³/mol. The highest BCUT2D eigenvalue weighted by Crippen LogP contribution is 2.36. The lowest BCUT2D eigenvalue weighted by Crippen LogP contribution is -2.68. The molecule has 2 aliphatic heterocycles. The van der Waals surface area contributed by atoms with Gasteiger partial charge in [-0.25, -0.2) is 0 Å². The molecule has 4 fully saturated rings. The van der Waals surface area contributed by atoms with Crippen LogP contribution in [0.5, 0.6) is 0 Å². The second kappa shape index (κ2) is 14.5. The van der Waals surface area contributed by atoms with E-state index in [9.17, 15) is 35.4 Å². The number of aliphatic hydroxyl groups excluding tert-OH is 6. The topological polar surface area (TPSA) is 324 Å². The van der Waals surface area contributed by atoms with E-state index in [1.54, 1.807) is 0 Å². The summed E-state index contributed by atoms with van der Waals surface area (Å²) in [6, 6.07) is -3.98.